The average Bonchev–Trinajstić information content (AvgIpc) is 2.18. The van der Waals surface area contributed by atoms with Gasteiger partial charge in [-0.1, -0.05) is 32.1 Å². The normalized spacial score (nSPS) is 30.8. The second-order valence-electron chi connectivity index (χ2n) is 4.11. The monoisotopic (exact) mass is 179 g/mol. The lowest BCUT2D eigenvalue weighted by Crippen LogP contribution is -2.42. The molecule has 0 aliphatic heterocycles. The van der Waals surface area contributed by atoms with Gasteiger partial charge < -0.3 is 5.32 Å². The predicted molar refractivity (Wildman–Crippen MR) is 57.5 cm³/mol. The van der Waals surface area contributed by atoms with Gasteiger partial charge in [0.1, 0.15) is 0 Å². The fourth-order valence-corrected chi connectivity index (χ4v) is 2.28. The van der Waals surface area contributed by atoms with Crippen LogP contribution >= 0.6 is 0 Å². The molecule has 74 valence electrons. The minimum absolute atomic E-state index is 0.233. The molecule has 1 nitrogen and oxygen atoms in total. The molecule has 0 aromatic rings. The van der Waals surface area contributed by atoms with Crippen LogP contribution in [0, 0.1) is 18.3 Å². The number of nitrogens with one attached hydrogen (secondary N) is 1. The minimum atomic E-state index is 0.233. The van der Waals surface area contributed by atoms with Crippen molar-refractivity contribution in [3.8, 4) is 12.3 Å². The molecule has 13 heavy (non-hydrogen) atoms. The molecular formula is C12H21N. The second-order valence-corrected chi connectivity index (χ2v) is 4.11. The first-order valence-corrected chi connectivity index (χ1v) is 5.50. The third kappa shape index (κ3) is 3.04. The van der Waals surface area contributed by atoms with Crippen molar-refractivity contribution in [3.05, 3.63) is 0 Å². The van der Waals surface area contributed by atoms with Gasteiger partial charge in [-0.05, 0) is 25.7 Å². The van der Waals surface area contributed by atoms with Crippen molar-refractivity contribution >= 4 is 0 Å². The zero-order chi connectivity index (χ0) is 9.68. The van der Waals surface area contributed by atoms with Gasteiger partial charge >= 0.3 is 0 Å². The maximum Gasteiger partial charge on any atom is 0.0660 e. The van der Waals surface area contributed by atoms with E-state index in [1.54, 1.807) is 0 Å². The molecule has 1 heteroatoms. The molecule has 3 unspecified atom stereocenters. The van der Waals surface area contributed by atoms with Crippen LogP contribution in [0.2, 0.25) is 0 Å². The van der Waals surface area contributed by atoms with E-state index in [2.05, 4.69) is 25.1 Å². The molecule has 3 atom stereocenters. The number of hydrogen-bond acceptors (Lipinski definition) is 1. The first-order valence-electron chi connectivity index (χ1n) is 5.50. The molecule has 0 aromatic carbocycles. The molecule has 0 amide bonds. The molecule has 1 aliphatic rings. The van der Waals surface area contributed by atoms with Crippen LogP contribution in [0.5, 0.6) is 0 Å². The minimum Gasteiger partial charge on any atom is -0.301 e. The largest absolute Gasteiger partial charge is 0.301 e. The fourth-order valence-electron chi connectivity index (χ4n) is 2.28. The Kier molecular flexibility index (Phi) is 4.32. The summed E-state index contributed by atoms with van der Waals surface area (Å²) in [5.41, 5.74) is 0. The summed E-state index contributed by atoms with van der Waals surface area (Å²) < 4.78 is 0. The van der Waals surface area contributed by atoms with Crippen molar-refractivity contribution in [3.63, 3.8) is 0 Å². The van der Waals surface area contributed by atoms with Crippen molar-refractivity contribution in [1.82, 2.24) is 5.32 Å². The quantitative estimate of drug-likeness (QED) is 0.657. The maximum absolute atomic E-state index is 5.36. The van der Waals surface area contributed by atoms with Gasteiger partial charge in [0.15, 0.2) is 0 Å². The second kappa shape index (κ2) is 5.29. The molecular weight excluding hydrogens is 158 g/mol. The predicted octanol–water partition coefficient (Wildman–Crippen LogP) is 2.57. The molecule has 1 aliphatic carbocycles. The van der Waals surface area contributed by atoms with Crippen LogP contribution in [0.15, 0.2) is 0 Å². The Morgan fingerprint density at radius 3 is 2.77 bits per heavy atom. The average molecular weight is 179 g/mol. The number of hydrogen-bond donors (Lipinski definition) is 1. The summed E-state index contributed by atoms with van der Waals surface area (Å²) in [6, 6.07) is 0.905. The summed E-state index contributed by atoms with van der Waals surface area (Å²) >= 11 is 0. The lowest BCUT2D eigenvalue weighted by molar-refractivity contribution is 0.250. The Balaban J connectivity index is 2.41. The summed E-state index contributed by atoms with van der Waals surface area (Å²) in [5.74, 6) is 3.60. The van der Waals surface area contributed by atoms with Crippen molar-refractivity contribution in [2.45, 2.75) is 58.0 Å². The van der Waals surface area contributed by atoms with E-state index in [0.29, 0.717) is 6.04 Å². The highest BCUT2D eigenvalue weighted by Gasteiger charge is 2.23. The zero-order valence-electron chi connectivity index (χ0n) is 8.84. The van der Waals surface area contributed by atoms with Crippen molar-refractivity contribution < 1.29 is 0 Å². The van der Waals surface area contributed by atoms with E-state index in [9.17, 15) is 0 Å². The number of rotatable bonds is 3. The zero-order valence-corrected chi connectivity index (χ0v) is 8.84. The lowest BCUT2D eigenvalue weighted by Gasteiger charge is -2.32. The Bertz CT molecular complexity index is 180. The van der Waals surface area contributed by atoms with E-state index < -0.39 is 0 Å². The molecule has 0 spiro atoms. The smallest absolute Gasteiger partial charge is 0.0660 e. The molecule has 1 saturated carbocycles. The highest BCUT2D eigenvalue weighted by Crippen LogP contribution is 2.26. The first kappa shape index (κ1) is 10.6. The van der Waals surface area contributed by atoms with E-state index in [0.717, 1.165) is 5.92 Å². The molecule has 0 bridgehead atoms. The van der Waals surface area contributed by atoms with Crippen LogP contribution in [-0.2, 0) is 0 Å². The van der Waals surface area contributed by atoms with Crippen LogP contribution < -0.4 is 5.32 Å². The van der Waals surface area contributed by atoms with Crippen LogP contribution in [0.1, 0.15) is 46.0 Å². The summed E-state index contributed by atoms with van der Waals surface area (Å²) in [6.07, 6.45) is 12.1. The van der Waals surface area contributed by atoms with E-state index >= 15 is 0 Å². The summed E-state index contributed by atoms with van der Waals surface area (Å²) in [6.45, 7) is 4.35. The standard InChI is InChI=1S/C12H21N/c1-4-10(3)13-12-9-7-6-8-11(12)5-2/h1,10-13H,5-9H2,2-3H3. The van der Waals surface area contributed by atoms with Crippen LogP contribution in [0.3, 0.4) is 0 Å². The fraction of sp³-hybridized carbons (Fsp3) is 0.833. The highest BCUT2D eigenvalue weighted by molar-refractivity contribution is 4.98. The summed E-state index contributed by atoms with van der Waals surface area (Å²) in [5, 5.41) is 3.53. The Hall–Kier alpha value is -0.480. The van der Waals surface area contributed by atoms with Crippen LogP contribution in [0.4, 0.5) is 0 Å². The molecule has 0 saturated heterocycles. The Morgan fingerprint density at radius 1 is 1.46 bits per heavy atom. The molecule has 0 aromatic heterocycles. The topological polar surface area (TPSA) is 12.0 Å². The van der Waals surface area contributed by atoms with E-state index in [4.69, 9.17) is 6.42 Å². The van der Waals surface area contributed by atoms with Gasteiger partial charge in [0, 0.05) is 6.04 Å². The van der Waals surface area contributed by atoms with Crippen molar-refractivity contribution in [2.75, 3.05) is 0 Å². The Labute approximate surface area is 82.3 Å². The van der Waals surface area contributed by atoms with Gasteiger partial charge in [-0.15, -0.1) is 6.42 Å². The molecule has 1 rings (SSSR count). The molecule has 1 fully saturated rings. The third-order valence-corrected chi connectivity index (χ3v) is 3.15. The lowest BCUT2D eigenvalue weighted by atomic mass is 9.82. The van der Waals surface area contributed by atoms with Crippen molar-refractivity contribution in [1.29, 1.82) is 0 Å². The van der Waals surface area contributed by atoms with Gasteiger partial charge in [0.2, 0.25) is 0 Å². The Morgan fingerprint density at radius 2 is 2.15 bits per heavy atom. The van der Waals surface area contributed by atoms with Gasteiger partial charge in [0.05, 0.1) is 6.04 Å². The first-order chi connectivity index (χ1) is 6.27. The number of terminal acetylenes is 1. The van der Waals surface area contributed by atoms with Gasteiger partial charge in [-0.3, -0.25) is 0 Å². The van der Waals surface area contributed by atoms with Crippen LogP contribution in [-0.4, -0.2) is 12.1 Å². The van der Waals surface area contributed by atoms with Gasteiger partial charge in [0.25, 0.3) is 0 Å². The van der Waals surface area contributed by atoms with Gasteiger partial charge in [-0.25, -0.2) is 0 Å². The van der Waals surface area contributed by atoms with Crippen molar-refractivity contribution in [2.24, 2.45) is 5.92 Å². The maximum atomic E-state index is 5.36. The van der Waals surface area contributed by atoms with E-state index in [1.807, 2.05) is 0 Å². The van der Waals surface area contributed by atoms with Crippen LogP contribution in [0.25, 0.3) is 0 Å². The van der Waals surface area contributed by atoms with E-state index in [-0.39, 0.29) is 6.04 Å². The molecule has 1 N–H and O–H groups in total. The summed E-state index contributed by atoms with van der Waals surface area (Å²) in [4.78, 5) is 0. The third-order valence-electron chi connectivity index (χ3n) is 3.15. The molecule has 0 heterocycles. The highest BCUT2D eigenvalue weighted by atomic mass is 14.9. The summed E-state index contributed by atoms with van der Waals surface area (Å²) in [7, 11) is 0. The van der Waals surface area contributed by atoms with E-state index in [1.165, 1.54) is 32.1 Å². The molecule has 0 radical (unpaired) electrons. The van der Waals surface area contributed by atoms with Gasteiger partial charge in [-0.2, -0.15) is 0 Å². The SMILES string of the molecule is C#CC(C)NC1CCCCC1CC.